The van der Waals surface area contributed by atoms with Gasteiger partial charge in [-0.1, -0.05) is 0 Å². The number of carboxylic acid groups (broad SMARTS) is 1. The highest BCUT2D eigenvalue weighted by molar-refractivity contribution is 7.98. The first-order chi connectivity index (χ1) is 7.31. The van der Waals surface area contributed by atoms with E-state index in [2.05, 4.69) is 5.32 Å². The Morgan fingerprint density at radius 1 is 1.44 bits per heavy atom. The number of carbonyl (C=O) groups excluding carboxylic acids is 1. The number of hydrogen-bond donors (Lipinski definition) is 2. The zero-order valence-corrected chi connectivity index (χ0v) is 11.1. The van der Waals surface area contributed by atoms with Gasteiger partial charge >= 0.3 is 12.0 Å². The predicted octanol–water partition coefficient (Wildman–Crippen LogP) is 1.10. The third-order valence-electron chi connectivity index (χ3n) is 2.24. The van der Waals surface area contributed by atoms with Gasteiger partial charge in [0.2, 0.25) is 0 Å². The lowest BCUT2D eigenvalue weighted by Gasteiger charge is -2.23. The van der Waals surface area contributed by atoms with Crippen LogP contribution in [-0.2, 0) is 4.79 Å². The third kappa shape index (κ3) is 5.25. The van der Waals surface area contributed by atoms with Crippen LogP contribution in [0.25, 0.3) is 0 Å². The number of thioether (sulfide) groups is 1. The Balaban J connectivity index is 4.02. The molecule has 0 radical (unpaired) electrons. The maximum Gasteiger partial charge on any atom is 0.317 e. The largest absolute Gasteiger partial charge is 0.481 e. The molecule has 0 aliphatic rings. The van der Waals surface area contributed by atoms with Gasteiger partial charge in [0.25, 0.3) is 0 Å². The molecule has 0 aromatic rings. The first-order valence-corrected chi connectivity index (χ1v) is 6.42. The van der Waals surface area contributed by atoms with Crippen molar-refractivity contribution in [2.75, 3.05) is 32.1 Å². The average Bonchev–Trinajstić information content (AvgIpc) is 2.22. The van der Waals surface area contributed by atoms with E-state index in [0.717, 1.165) is 5.75 Å². The maximum absolute atomic E-state index is 11.5. The molecule has 2 amide bonds. The van der Waals surface area contributed by atoms with E-state index in [4.69, 9.17) is 5.11 Å². The molecule has 0 saturated carbocycles. The van der Waals surface area contributed by atoms with Crippen LogP contribution in [0.5, 0.6) is 0 Å². The van der Waals surface area contributed by atoms with Crippen molar-refractivity contribution >= 4 is 23.8 Å². The van der Waals surface area contributed by atoms with Gasteiger partial charge < -0.3 is 15.3 Å². The van der Waals surface area contributed by atoms with Crippen LogP contribution in [0.4, 0.5) is 4.79 Å². The lowest BCUT2D eigenvalue weighted by atomic mass is 9.94. The van der Waals surface area contributed by atoms with Gasteiger partial charge in [-0.15, -0.1) is 0 Å². The highest BCUT2D eigenvalue weighted by Gasteiger charge is 2.27. The van der Waals surface area contributed by atoms with Gasteiger partial charge in [-0.2, -0.15) is 11.8 Å². The number of nitrogens with one attached hydrogen (secondary N) is 1. The topological polar surface area (TPSA) is 69.6 Å². The van der Waals surface area contributed by atoms with E-state index in [1.54, 1.807) is 37.6 Å². The molecule has 0 aromatic heterocycles. The molecule has 0 fully saturated rings. The molecule has 6 heteroatoms. The minimum atomic E-state index is -0.935. The highest BCUT2D eigenvalue weighted by atomic mass is 32.2. The summed E-state index contributed by atoms with van der Waals surface area (Å²) in [6.07, 6.45) is 1.97. The van der Waals surface area contributed by atoms with Crippen molar-refractivity contribution in [3.05, 3.63) is 0 Å². The van der Waals surface area contributed by atoms with Gasteiger partial charge in [0.05, 0.1) is 5.41 Å². The van der Waals surface area contributed by atoms with Gasteiger partial charge in [-0.25, -0.2) is 4.79 Å². The Bertz CT molecular complexity index is 256. The molecule has 2 N–H and O–H groups in total. The number of carbonyl (C=O) groups is 2. The lowest BCUT2D eigenvalue weighted by Crippen LogP contribution is -2.44. The number of hydrogen-bond acceptors (Lipinski definition) is 3. The normalized spacial score (nSPS) is 11.0. The molecule has 0 bridgehead atoms. The Morgan fingerprint density at radius 2 is 2.00 bits per heavy atom. The van der Waals surface area contributed by atoms with Crippen molar-refractivity contribution in [3.8, 4) is 0 Å². The van der Waals surface area contributed by atoms with Crippen molar-refractivity contribution in [2.45, 2.75) is 13.8 Å². The second-order valence-corrected chi connectivity index (χ2v) is 5.25. The van der Waals surface area contributed by atoms with Crippen molar-refractivity contribution in [1.29, 1.82) is 0 Å². The highest BCUT2D eigenvalue weighted by Crippen LogP contribution is 2.13. The fourth-order valence-corrected chi connectivity index (χ4v) is 1.29. The molecule has 0 unspecified atom stereocenters. The van der Waals surface area contributed by atoms with Gasteiger partial charge in [0.15, 0.2) is 0 Å². The Kier molecular flexibility index (Phi) is 6.25. The number of rotatable bonds is 6. The van der Waals surface area contributed by atoms with E-state index in [9.17, 15) is 9.59 Å². The number of carboxylic acids is 1. The van der Waals surface area contributed by atoms with E-state index in [1.807, 2.05) is 6.26 Å². The summed E-state index contributed by atoms with van der Waals surface area (Å²) in [5, 5.41) is 11.5. The molecule has 16 heavy (non-hydrogen) atoms. The van der Waals surface area contributed by atoms with Crippen LogP contribution in [0.15, 0.2) is 0 Å². The number of urea groups is 1. The first kappa shape index (κ1) is 15.1. The van der Waals surface area contributed by atoms with Crippen molar-refractivity contribution in [1.82, 2.24) is 10.2 Å². The van der Waals surface area contributed by atoms with Crippen LogP contribution in [0.1, 0.15) is 13.8 Å². The fraction of sp³-hybridized carbons (Fsp3) is 0.800. The predicted molar refractivity (Wildman–Crippen MR) is 65.8 cm³/mol. The summed E-state index contributed by atoms with van der Waals surface area (Å²) < 4.78 is 0. The summed E-state index contributed by atoms with van der Waals surface area (Å²) in [5.41, 5.74) is -0.935. The molecular formula is C10H20N2O3S. The molecule has 0 heterocycles. The second-order valence-electron chi connectivity index (χ2n) is 4.26. The van der Waals surface area contributed by atoms with E-state index in [0.29, 0.717) is 6.54 Å². The van der Waals surface area contributed by atoms with Crippen LogP contribution in [-0.4, -0.2) is 54.2 Å². The number of nitrogens with zero attached hydrogens (tertiary/aromatic N) is 1. The molecule has 0 spiro atoms. The average molecular weight is 248 g/mol. The van der Waals surface area contributed by atoms with Crippen LogP contribution in [0, 0.1) is 5.41 Å². The molecule has 0 saturated heterocycles. The molecule has 0 aliphatic heterocycles. The fourth-order valence-electron chi connectivity index (χ4n) is 0.837. The summed E-state index contributed by atoms with van der Waals surface area (Å²) in [5.74, 6) is -0.0498. The Hall–Kier alpha value is -0.910. The second kappa shape index (κ2) is 6.62. The third-order valence-corrected chi connectivity index (χ3v) is 2.83. The van der Waals surface area contributed by atoms with Crippen LogP contribution in [0.2, 0.25) is 0 Å². The summed E-state index contributed by atoms with van der Waals surface area (Å²) >= 11 is 1.66. The van der Waals surface area contributed by atoms with E-state index < -0.39 is 11.4 Å². The molecular weight excluding hydrogens is 228 g/mol. The monoisotopic (exact) mass is 248 g/mol. The van der Waals surface area contributed by atoms with Crippen LogP contribution < -0.4 is 5.32 Å². The van der Waals surface area contributed by atoms with E-state index in [1.165, 1.54) is 0 Å². The minimum Gasteiger partial charge on any atom is -0.481 e. The van der Waals surface area contributed by atoms with Gasteiger partial charge in [-0.05, 0) is 20.1 Å². The molecule has 0 rings (SSSR count). The first-order valence-electron chi connectivity index (χ1n) is 5.02. The zero-order chi connectivity index (χ0) is 12.8. The Morgan fingerprint density at radius 3 is 2.44 bits per heavy atom. The molecule has 0 aliphatic carbocycles. The molecule has 0 aromatic carbocycles. The molecule has 5 nitrogen and oxygen atoms in total. The maximum atomic E-state index is 11.5. The van der Waals surface area contributed by atoms with Gasteiger partial charge in [0.1, 0.15) is 0 Å². The van der Waals surface area contributed by atoms with Crippen molar-refractivity contribution in [2.24, 2.45) is 5.41 Å². The molecule has 0 atom stereocenters. The Labute approximate surface area is 101 Å². The standard InChI is InChI=1S/C10H20N2O3S/c1-10(2,8(13)14)7-11-9(15)12(3)5-6-16-4/h5-7H2,1-4H3,(H,11,15)(H,13,14). The smallest absolute Gasteiger partial charge is 0.317 e. The van der Waals surface area contributed by atoms with Gasteiger partial charge in [0, 0.05) is 25.9 Å². The van der Waals surface area contributed by atoms with Crippen molar-refractivity contribution in [3.63, 3.8) is 0 Å². The summed E-state index contributed by atoms with van der Waals surface area (Å²) in [6.45, 7) is 3.94. The molecule has 94 valence electrons. The minimum absolute atomic E-state index is 0.130. The van der Waals surface area contributed by atoms with E-state index >= 15 is 0 Å². The van der Waals surface area contributed by atoms with Crippen LogP contribution >= 0.6 is 11.8 Å². The lowest BCUT2D eigenvalue weighted by molar-refractivity contribution is -0.146. The number of amides is 2. The summed E-state index contributed by atoms with van der Waals surface area (Å²) in [6, 6.07) is -0.233. The summed E-state index contributed by atoms with van der Waals surface area (Å²) in [4.78, 5) is 23.9. The van der Waals surface area contributed by atoms with Crippen molar-refractivity contribution < 1.29 is 14.7 Å². The number of aliphatic carboxylic acids is 1. The SMILES string of the molecule is CSCCN(C)C(=O)NCC(C)(C)C(=O)O. The summed E-state index contributed by atoms with van der Waals surface area (Å²) in [7, 11) is 1.69. The quantitative estimate of drug-likeness (QED) is 0.738. The van der Waals surface area contributed by atoms with Gasteiger partial charge in [-0.3, -0.25) is 4.79 Å². The van der Waals surface area contributed by atoms with E-state index in [-0.39, 0.29) is 12.6 Å². The zero-order valence-electron chi connectivity index (χ0n) is 10.2. The van der Waals surface area contributed by atoms with Crippen LogP contribution in [0.3, 0.4) is 0 Å².